The molecule has 0 spiro atoms. The predicted molar refractivity (Wildman–Crippen MR) is 132 cm³/mol. The van der Waals surface area contributed by atoms with E-state index in [4.69, 9.17) is 4.98 Å². The second kappa shape index (κ2) is 8.40. The fourth-order valence-corrected chi connectivity index (χ4v) is 6.41. The molecule has 1 aliphatic rings. The molecule has 0 unspecified atom stereocenters. The Kier molecular flexibility index (Phi) is 5.65. The van der Waals surface area contributed by atoms with Crippen LogP contribution in [0.1, 0.15) is 38.6 Å². The number of rotatable bonds is 5. The van der Waals surface area contributed by atoms with Gasteiger partial charge in [0.2, 0.25) is 0 Å². The van der Waals surface area contributed by atoms with Crippen LogP contribution in [0.25, 0.3) is 32.9 Å². The first-order chi connectivity index (χ1) is 16.1. The second-order valence-corrected chi connectivity index (χ2v) is 12.0. The van der Waals surface area contributed by atoms with Crippen molar-refractivity contribution >= 4 is 38.3 Å². The summed E-state index contributed by atoms with van der Waals surface area (Å²) in [5, 5.41) is 1.63. The number of hydrogen-bond acceptors (Lipinski definition) is 6. The molecule has 0 radical (unpaired) electrons. The monoisotopic (exact) mass is 500 g/mol. The number of aromatic amines is 1. The van der Waals surface area contributed by atoms with E-state index in [1.165, 1.54) is 28.0 Å². The van der Waals surface area contributed by atoms with E-state index in [2.05, 4.69) is 19.7 Å². The van der Waals surface area contributed by atoms with Crippen LogP contribution in [0.5, 0.6) is 0 Å². The minimum Gasteiger partial charge on any atom is -0.346 e. The van der Waals surface area contributed by atoms with Gasteiger partial charge in [-0.15, -0.1) is 11.3 Å². The summed E-state index contributed by atoms with van der Waals surface area (Å²) in [6, 6.07) is 6.55. The third kappa shape index (κ3) is 4.08. The van der Waals surface area contributed by atoms with Gasteiger partial charge in [-0.3, -0.25) is 4.72 Å². The van der Waals surface area contributed by atoms with Gasteiger partial charge in [0.05, 0.1) is 27.0 Å². The first kappa shape index (κ1) is 22.9. The molecule has 1 fully saturated rings. The van der Waals surface area contributed by atoms with Crippen molar-refractivity contribution in [3.05, 3.63) is 47.6 Å². The molecular formula is C23H25FN6O2S2. The number of aromatic nitrogens is 4. The summed E-state index contributed by atoms with van der Waals surface area (Å²) >= 11 is 1.45. The molecule has 0 amide bonds. The van der Waals surface area contributed by atoms with E-state index in [9.17, 15) is 8.42 Å². The van der Waals surface area contributed by atoms with Crippen LogP contribution < -0.4 is 4.72 Å². The van der Waals surface area contributed by atoms with E-state index in [0.717, 1.165) is 23.2 Å². The Hall–Kier alpha value is -2.89. The molecule has 2 N–H and O–H groups in total. The number of nitrogens with one attached hydrogen (secondary N) is 2. The lowest BCUT2D eigenvalue weighted by molar-refractivity contribution is 0.482. The Balaban J connectivity index is 1.65. The van der Waals surface area contributed by atoms with Gasteiger partial charge in [0.25, 0.3) is 0 Å². The third-order valence-corrected chi connectivity index (χ3v) is 8.75. The molecule has 8 nitrogen and oxygen atoms in total. The predicted octanol–water partition coefficient (Wildman–Crippen LogP) is 4.94. The van der Waals surface area contributed by atoms with Crippen LogP contribution in [0, 0.1) is 5.82 Å². The van der Waals surface area contributed by atoms with Crippen molar-refractivity contribution in [1.82, 2.24) is 24.2 Å². The molecular weight excluding hydrogens is 475 g/mol. The normalized spacial score (nSPS) is 15.3. The molecule has 0 saturated carbocycles. The third-order valence-electron chi connectivity index (χ3n) is 5.74. The van der Waals surface area contributed by atoms with Gasteiger partial charge in [0, 0.05) is 35.7 Å². The topological polar surface area (TPSA) is 104 Å². The number of hydrogen-bond donors (Lipinski definition) is 2. The first-order valence-electron chi connectivity index (χ1n) is 11.0. The van der Waals surface area contributed by atoms with Crippen LogP contribution in [0.4, 0.5) is 10.1 Å². The summed E-state index contributed by atoms with van der Waals surface area (Å²) in [6.07, 6.45) is 4.84. The van der Waals surface area contributed by atoms with Crippen LogP contribution in [0.2, 0.25) is 0 Å². The largest absolute Gasteiger partial charge is 0.346 e. The van der Waals surface area contributed by atoms with Gasteiger partial charge in [-0.1, -0.05) is 26.8 Å². The standard InChI is InChI=1S/C23H25FN6O2S2/c1-23(2,3)22-28-19(20(33-22)18-15-9-10-25-21(15)27-13-26-18)14-7-6-8-16(17(14)24)29-34(31,32)30-11-4-5-12-30/h6-10,13,29H,4-5,11-12H2,1-3H3,(H,25,26,27). The number of nitrogens with zero attached hydrogens (tertiary/aromatic N) is 4. The lowest BCUT2D eigenvalue weighted by atomic mass is 9.98. The van der Waals surface area contributed by atoms with Gasteiger partial charge < -0.3 is 4.98 Å². The summed E-state index contributed by atoms with van der Waals surface area (Å²) < 4.78 is 45.1. The zero-order valence-corrected chi connectivity index (χ0v) is 20.7. The highest BCUT2D eigenvalue weighted by molar-refractivity contribution is 7.90. The van der Waals surface area contributed by atoms with Crippen LogP contribution in [-0.4, -0.2) is 45.7 Å². The number of thiazole rings is 1. The Morgan fingerprint density at radius 3 is 2.62 bits per heavy atom. The van der Waals surface area contributed by atoms with E-state index in [1.54, 1.807) is 18.3 Å². The lowest BCUT2D eigenvalue weighted by Gasteiger charge is -2.18. The molecule has 178 valence electrons. The highest BCUT2D eigenvalue weighted by Gasteiger charge is 2.29. The summed E-state index contributed by atoms with van der Waals surface area (Å²) in [4.78, 5) is 17.3. The molecule has 11 heteroatoms. The van der Waals surface area contributed by atoms with Crippen molar-refractivity contribution < 1.29 is 12.8 Å². The summed E-state index contributed by atoms with van der Waals surface area (Å²) in [5.41, 5.74) is 1.59. The summed E-state index contributed by atoms with van der Waals surface area (Å²) in [5.74, 6) is -0.670. The molecule has 1 aliphatic heterocycles. The highest BCUT2D eigenvalue weighted by Crippen LogP contribution is 2.43. The molecule has 1 aromatic carbocycles. The van der Waals surface area contributed by atoms with Gasteiger partial charge in [-0.05, 0) is 31.0 Å². The van der Waals surface area contributed by atoms with E-state index < -0.39 is 16.0 Å². The summed E-state index contributed by atoms with van der Waals surface area (Å²) in [7, 11) is -3.84. The molecule has 3 aromatic heterocycles. The van der Waals surface area contributed by atoms with Crippen molar-refractivity contribution in [2.75, 3.05) is 17.8 Å². The fourth-order valence-electron chi connectivity index (χ4n) is 3.96. The van der Waals surface area contributed by atoms with Crippen molar-refractivity contribution in [3.63, 3.8) is 0 Å². The molecule has 0 atom stereocenters. The fraction of sp³-hybridized carbons (Fsp3) is 0.348. The van der Waals surface area contributed by atoms with Crippen molar-refractivity contribution in [2.45, 2.75) is 39.0 Å². The molecule has 0 aliphatic carbocycles. The van der Waals surface area contributed by atoms with Gasteiger partial charge in [-0.25, -0.2) is 19.3 Å². The van der Waals surface area contributed by atoms with Crippen LogP contribution in [0.3, 0.4) is 0 Å². The van der Waals surface area contributed by atoms with Gasteiger partial charge in [0.1, 0.15) is 12.0 Å². The quantitative estimate of drug-likeness (QED) is 0.404. The van der Waals surface area contributed by atoms with Crippen molar-refractivity contribution in [3.8, 4) is 21.8 Å². The highest BCUT2D eigenvalue weighted by atomic mass is 32.2. The van der Waals surface area contributed by atoms with E-state index in [1.807, 2.05) is 26.8 Å². The van der Waals surface area contributed by atoms with E-state index in [-0.39, 0.29) is 16.7 Å². The minimum absolute atomic E-state index is 0.102. The zero-order chi connectivity index (χ0) is 24.1. The Labute approximate surface area is 201 Å². The van der Waals surface area contributed by atoms with Gasteiger partial charge in [-0.2, -0.15) is 12.7 Å². The first-order valence-corrected chi connectivity index (χ1v) is 13.3. The maximum Gasteiger partial charge on any atom is 0.301 e. The second-order valence-electron chi connectivity index (χ2n) is 9.29. The van der Waals surface area contributed by atoms with E-state index in [0.29, 0.717) is 35.0 Å². The number of halogens is 1. The van der Waals surface area contributed by atoms with Gasteiger partial charge >= 0.3 is 10.2 Å². The van der Waals surface area contributed by atoms with Gasteiger partial charge in [0.15, 0.2) is 5.82 Å². The summed E-state index contributed by atoms with van der Waals surface area (Å²) in [6.45, 7) is 7.00. The molecule has 4 heterocycles. The molecule has 0 bridgehead atoms. The SMILES string of the molecule is CC(C)(C)c1nc(-c2cccc(NS(=O)(=O)N3CCCC3)c2F)c(-c2ncnc3[nH]ccc23)s1. The lowest BCUT2D eigenvalue weighted by Crippen LogP contribution is -2.33. The average molecular weight is 501 g/mol. The van der Waals surface area contributed by atoms with Crippen LogP contribution >= 0.6 is 11.3 Å². The molecule has 5 rings (SSSR count). The maximum atomic E-state index is 15.8. The maximum absolute atomic E-state index is 15.8. The van der Waals surface area contributed by atoms with E-state index >= 15 is 4.39 Å². The van der Waals surface area contributed by atoms with Crippen molar-refractivity contribution in [2.24, 2.45) is 0 Å². The average Bonchev–Trinajstić information content (AvgIpc) is 3.54. The molecule has 34 heavy (non-hydrogen) atoms. The number of H-pyrrole nitrogens is 1. The number of anilines is 1. The number of fused-ring (bicyclic) bond motifs is 1. The zero-order valence-electron chi connectivity index (χ0n) is 19.1. The molecule has 4 aromatic rings. The minimum atomic E-state index is -3.84. The van der Waals surface area contributed by atoms with Crippen molar-refractivity contribution in [1.29, 1.82) is 0 Å². The Morgan fingerprint density at radius 2 is 1.88 bits per heavy atom. The smallest absolute Gasteiger partial charge is 0.301 e. The molecule has 1 saturated heterocycles. The Morgan fingerprint density at radius 1 is 1.12 bits per heavy atom. The number of benzene rings is 1. The Bertz CT molecular complexity index is 1470. The van der Waals surface area contributed by atoms with Crippen LogP contribution in [-0.2, 0) is 15.6 Å². The van der Waals surface area contributed by atoms with Crippen LogP contribution in [0.15, 0.2) is 36.8 Å².